The first kappa shape index (κ1) is 14.8. The van der Waals surface area contributed by atoms with Crippen molar-refractivity contribution >= 4 is 27.3 Å². The molecule has 2 rings (SSSR count). The van der Waals surface area contributed by atoms with Gasteiger partial charge in [-0.3, -0.25) is 0 Å². The van der Waals surface area contributed by atoms with E-state index in [1.54, 1.807) is 26.0 Å². The summed E-state index contributed by atoms with van der Waals surface area (Å²) in [5.74, 6) is -0.106. The van der Waals surface area contributed by atoms with Crippen LogP contribution in [0.4, 0.5) is 0 Å². The summed E-state index contributed by atoms with van der Waals surface area (Å²) >= 11 is 0.895. The lowest BCUT2D eigenvalue weighted by molar-refractivity contribution is 0.0698. The number of carboxylic acids is 1. The summed E-state index contributed by atoms with van der Waals surface area (Å²) in [6.45, 7) is 3.29. The van der Waals surface area contributed by atoms with Crippen molar-refractivity contribution in [3.63, 3.8) is 0 Å². The molecular weight excluding hydrogens is 302 g/mol. The molecule has 0 atom stereocenters. The molecule has 20 heavy (non-hydrogen) atoms. The van der Waals surface area contributed by atoms with Crippen molar-refractivity contribution in [2.75, 3.05) is 0 Å². The van der Waals surface area contributed by atoms with Gasteiger partial charge < -0.3 is 9.52 Å². The number of sulfonamides is 1. The molecular formula is C12H13NO5S2. The summed E-state index contributed by atoms with van der Waals surface area (Å²) in [4.78, 5) is 10.7. The fraction of sp³-hybridized carbons (Fsp3) is 0.250. The van der Waals surface area contributed by atoms with E-state index >= 15 is 0 Å². The van der Waals surface area contributed by atoms with Crippen LogP contribution in [0.3, 0.4) is 0 Å². The Bertz CT molecular complexity index is 742. The van der Waals surface area contributed by atoms with E-state index in [-0.39, 0.29) is 16.3 Å². The van der Waals surface area contributed by atoms with Crippen LogP contribution in [0.5, 0.6) is 0 Å². The van der Waals surface area contributed by atoms with Crippen LogP contribution in [0.25, 0.3) is 0 Å². The quantitative estimate of drug-likeness (QED) is 0.881. The fourth-order valence-corrected chi connectivity index (χ4v) is 4.35. The molecule has 2 heterocycles. The Morgan fingerprint density at radius 3 is 2.65 bits per heavy atom. The summed E-state index contributed by atoms with van der Waals surface area (Å²) in [6.07, 6.45) is 0. The predicted molar refractivity (Wildman–Crippen MR) is 73.5 cm³/mol. The van der Waals surface area contributed by atoms with Crippen molar-refractivity contribution < 1.29 is 22.7 Å². The van der Waals surface area contributed by atoms with E-state index in [1.807, 2.05) is 0 Å². The molecule has 6 nitrogen and oxygen atoms in total. The third kappa shape index (κ3) is 2.92. The van der Waals surface area contributed by atoms with Gasteiger partial charge in [0.25, 0.3) is 0 Å². The Balaban J connectivity index is 2.27. The number of carbonyl (C=O) groups is 1. The van der Waals surface area contributed by atoms with Gasteiger partial charge in [-0.2, -0.15) is 0 Å². The van der Waals surface area contributed by atoms with Crippen LogP contribution in [-0.4, -0.2) is 19.5 Å². The Kier molecular flexibility index (Phi) is 3.98. The summed E-state index contributed by atoms with van der Waals surface area (Å²) in [5.41, 5.74) is 0.413. The van der Waals surface area contributed by atoms with Gasteiger partial charge in [-0.05, 0) is 36.9 Å². The normalized spacial score (nSPS) is 11.7. The van der Waals surface area contributed by atoms with E-state index < -0.39 is 16.0 Å². The molecule has 2 N–H and O–H groups in total. The van der Waals surface area contributed by atoms with Crippen LogP contribution in [0.15, 0.2) is 26.8 Å². The number of hydrogen-bond donors (Lipinski definition) is 2. The highest BCUT2D eigenvalue weighted by Crippen LogP contribution is 2.26. The Morgan fingerprint density at radius 2 is 2.10 bits per heavy atom. The molecule has 0 aliphatic heterocycles. The molecule has 108 valence electrons. The topological polar surface area (TPSA) is 96.6 Å². The third-order valence-electron chi connectivity index (χ3n) is 2.61. The van der Waals surface area contributed by atoms with Gasteiger partial charge in [0.2, 0.25) is 10.0 Å². The number of hydrogen-bond acceptors (Lipinski definition) is 5. The van der Waals surface area contributed by atoms with Gasteiger partial charge in [-0.25, -0.2) is 17.9 Å². The average molecular weight is 315 g/mol. The van der Waals surface area contributed by atoms with Crippen molar-refractivity contribution in [3.05, 3.63) is 39.5 Å². The van der Waals surface area contributed by atoms with Gasteiger partial charge in [-0.1, -0.05) is 0 Å². The molecule has 2 aromatic rings. The number of aryl methyl sites for hydroxylation is 2. The van der Waals surface area contributed by atoms with Gasteiger partial charge in [0, 0.05) is 0 Å². The molecule has 0 amide bonds. The Hall–Kier alpha value is -1.64. The van der Waals surface area contributed by atoms with Crippen molar-refractivity contribution in [2.45, 2.75) is 25.3 Å². The first-order chi connectivity index (χ1) is 9.31. The molecule has 0 aliphatic carbocycles. The van der Waals surface area contributed by atoms with E-state index in [0.717, 1.165) is 11.3 Å². The van der Waals surface area contributed by atoms with E-state index in [9.17, 15) is 13.2 Å². The van der Waals surface area contributed by atoms with Gasteiger partial charge in [0.1, 0.15) is 21.3 Å². The Labute approximate surface area is 120 Å². The highest BCUT2D eigenvalue weighted by molar-refractivity contribution is 7.89. The molecule has 0 radical (unpaired) electrons. The van der Waals surface area contributed by atoms with Crippen LogP contribution in [0, 0.1) is 13.8 Å². The maximum Gasteiger partial charge on any atom is 0.347 e. The summed E-state index contributed by atoms with van der Waals surface area (Å²) < 4.78 is 32.0. The fourth-order valence-electron chi connectivity index (χ4n) is 1.73. The molecule has 2 aromatic heterocycles. The van der Waals surface area contributed by atoms with Crippen molar-refractivity contribution in [1.82, 2.24) is 4.72 Å². The summed E-state index contributed by atoms with van der Waals surface area (Å²) in [5, 5.41) is 10.5. The number of rotatable bonds is 5. The van der Waals surface area contributed by atoms with Gasteiger partial charge >= 0.3 is 5.97 Å². The summed E-state index contributed by atoms with van der Waals surface area (Å²) in [7, 11) is -3.89. The number of aromatic carboxylic acids is 1. The SMILES string of the molecule is Cc1ccc(CNS(=O)(=O)c2c(C)csc2C(=O)O)o1. The monoisotopic (exact) mass is 315 g/mol. The number of nitrogens with one attached hydrogen (secondary N) is 1. The molecule has 0 spiro atoms. The molecule has 0 aliphatic rings. The zero-order chi connectivity index (χ0) is 14.9. The highest BCUT2D eigenvalue weighted by atomic mass is 32.2. The van der Waals surface area contributed by atoms with Gasteiger partial charge in [0.15, 0.2) is 0 Å². The number of carboxylic acid groups (broad SMARTS) is 1. The number of thiophene rings is 1. The lowest BCUT2D eigenvalue weighted by Crippen LogP contribution is -2.24. The lowest BCUT2D eigenvalue weighted by Gasteiger charge is -2.06. The van der Waals surface area contributed by atoms with Crippen LogP contribution < -0.4 is 4.72 Å². The minimum absolute atomic E-state index is 0.0233. The van der Waals surface area contributed by atoms with Crippen molar-refractivity contribution in [3.8, 4) is 0 Å². The van der Waals surface area contributed by atoms with Crippen molar-refractivity contribution in [1.29, 1.82) is 0 Å². The zero-order valence-corrected chi connectivity index (χ0v) is 12.5. The first-order valence-electron chi connectivity index (χ1n) is 5.67. The molecule has 0 saturated heterocycles. The molecule has 0 aromatic carbocycles. The average Bonchev–Trinajstić information content (AvgIpc) is 2.93. The minimum Gasteiger partial charge on any atom is -0.477 e. The molecule has 0 fully saturated rings. The minimum atomic E-state index is -3.89. The second kappa shape index (κ2) is 5.39. The van der Waals surface area contributed by atoms with Crippen LogP contribution >= 0.6 is 11.3 Å². The van der Waals surface area contributed by atoms with Crippen molar-refractivity contribution in [2.24, 2.45) is 0 Å². The van der Waals surface area contributed by atoms with E-state index in [2.05, 4.69) is 4.72 Å². The third-order valence-corrected chi connectivity index (χ3v) is 5.42. The maximum atomic E-state index is 12.2. The highest BCUT2D eigenvalue weighted by Gasteiger charge is 2.26. The maximum absolute atomic E-state index is 12.2. The first-order valence-corrected chi connectivity index (χ1v) is 8.04. The zero-order valence-electron chi connectivity index (χ0n) is 10.8. The van der Waals surface area contributed by atoms with E-state index in [1.165, 1.54) is 5.38 Å². The van der Waals surface area contributed by atoms with Gasteiger partial charge in [-0.15, -0.1) is 11.3 Å². The Morgan fingerprint density at radius 1 is 1.40 bits per heavy atom. The second-order valence-corrected chi connectivity index (χ2v) is 6.80. The van der Waals surface area contributed by atoms with E-state index in [0.29, 0.717) is 17.1 Å². The molecule has 0 unspecified atom stereocenters. The standard InChI is InChI=1S/C12H13NO5S2/c1-7-6-19-10(12(14)15)11(7)20(16,17)13-5-9-4-3-8(2)18-9/h3-4,6,13H,5H2,1-2H3,(H,14,15). The van der Waals surface area contributed by atoms with Gasteiger partial charge in [0.05, 0.1) is 6.54 Å². The summed E-state index contributed by atoms with van der Waals surface area (Å²) in [6, 6.07) is 3.39. The largest absolute Gasteiger partial charge is 0.477 e. The predicted octanol–water partition coefficient (Wildman–Crippen LogP) is 2.13. The lowest BCUT2D eigenvalue weighted by atomic mass is 10.3. The van der Waals surface area contributed by atoms with Crippen LogP contribution in [0.1, 0.15) is 26.8 Å². The smallest absolute Gasteiger partial charge is 0.347 e. The molecule has 0 saturated carbocycles. The molecule has 0 bridgehead atoms. The number of furan rings is 1. The van der Waals surface area contributed by atoms with E-state index in [4.69, 9.17) is 9.52 Å². The van der Waals surface area contributed by atoms with Crippen LogP contribution in [0.2, 0.25) is 0 Å². The second-order valence-electron chi connectivity index (χ2n) is 4.22. The van der Waals surface area contributed by atoms with Crippen LogP contribution in [-0.2, 0) is 16.6 Å². The molecule has 8 heteroatoms.